The lowest BCUT2D eigenvalue weighted by Crippen LogP contribution is -2.44. The number of methoxy groups -OCH3 is 1. The molecule has 114 valence electrons. The highest BCUT2D eigenvalue weighted by atomic mass is 16.5. The van der Waals surface area contributed by atoms with Crippen molar-refractivity contribution in [2.75, 3.05) is 33.9 Å². The molecule has 0 amide bonds. The van der Waals surface area contributed by atoms with Gasteiger partial charge in [-0.05, 0) is 45.7 Å². The van der Waals surface area contributed by atoms with E-state index in [2.05, 4.69) is 31.1 Å². The molecule has 19 heavy (non-hydrogen) atoms. The molecule has 1 aliphatic carbocycles. The van der Waals surface area contributed by atoms with Crippen LogP contribution in [0.3, 0.4) is 0 Å². The molecule has 3 heteroatoms. The normalized spacial score (nSPS) is 26.4. The van der Waals surface area contributed by atoms with Gasteiger partial charge in [0.2, 0.25) is 0 Å². The molecule has 0 radical (unpaired) electrons. The summed E-state index contributed by atoms with van der Waals surface area (Å²) >= 11 is 0. The number of hydrogen-bond acceptors (Lipinski definition) is 3. The molecule has 1 N–H and O–H groups in total. The van der Waals surface area contributed by atoms with Gasteiger partial charge in [0.25, 0.3) is 0 Å². The van der Waals surface area contributed by atoms with E-state index in [1.54, 1.807) is 7.11 Å². The van der Waals surface area contributed by atoms with Gasteiger partial charge in [-0.3, -0.25) is 0 Å². The van der Waals surface area contributed by atoms with Gasteiger partial charge in [-0.1, -0.05) is 26.2 Å². The van der Waals surface area contributed by atoms with Crippen molar-refractivity contribution in [2.45, 2.75) is 64.5 Å². The highest BCUT2D eigenvalue weighted by Gasteiger charge is 2.25. The minimum atomic E-state index is 0.514. The summed E-state index contributed by atoms with van der Waals surface area (Å²) in [6, 6.07) is 1.24. The Morgan fingerprint density at radius 2 is 2.00 bits per heavy atom. The predicted octanol–water partition coefficient (Wildman–Crippen LogP) is 2.90. The molecule has 3 atom stereocenters. The smallest absolute Gasteiger partial charge is 0.0615 e. The Kier molecular flexibility index (Phi) is 8.67. The molecule has 1 saturated carbocycles. The largest absolute Gasteiger partial charge is 0.383 e. The third-order valence-electron chi connectivity index (χ3n) is 4.50. The first-order chi connectivity index (χ1) is 9.19. The summed E-state index contributed by atoms with van der Waals surface area (Å²) in [6.07, 6.45) is 8.19. The molecular formula is C16H34N2O. The van der Waals surface area contributed by atoms with Crippen molar-refractivity contribution in [3.8, 4) is 0 Å². The van der Waals surface area contributed by atoms with Crippen LogP contribution in [0.5, 0.6) is 0 Å². The number of likely N-dealkylation sites (N-methyl/N-ethyl adjacent to an activating group) is 1. The Bertz CT molecular complexity index is 223. The average molecular weight is 270 g/mol. The van der Waals surface area contributed by atoms with Gasteiger partial charge in [0.15, 0.2) is 0 Å². The Labute approximate surface area is 120 Å². The standard InChI is InChI=1S/C16H34N2O/c1-5-11-17-16-10-8-6-7-9-15(16)12-18(3)14(2)13-19-4/h14-17H,5-13H2,1-4H3. The minimum absolute atomic E-state index is 0.514. The first kappa shape index (κ1) is 16.9. The van der Waals surface area contributed by atoms with Crippen molar-refractivity contribution in [1.29, 1.82) is 0 Å². The summed E-state index contributed by atoms with van der Waals surface area (Å²) in [5, 5.41) is 3.78. The molecule has 0 heterocycles. The first-order valence-electron chi connectivity index (χ1n) is 8.11. The van der Waals surface area contributed by atoms with Crippen molar-refractivity contribution in [3.63, 3.8) is 0 Å². The van der Waals surface area contributed by atoms with E-state index in [-0.39, 0.29) is 0 Å². The second-order valence-electron chi connectivity index (χ2n) is 6.20. The van der Waals surface area contributed by atoms with Gasteiger partial charge in [-0.15, -0.1) is 0 Å². The maximum Gasteiger partial charge on any atom is 0.0615 e. The molecule has 0 saturated heterocycles. The summed E-state index contributed by atoms with van der Waals surface area (Å²) in [5.41, 5.74) is 0. The van der Waals surface area contributed by atoms with E-state index in [0.717, 1.165) is 18.6 Å². The van der Waals surface area contributed by atoms with Crippen molar-refractivity contribution in [1.82, 2.24) is 10.2 Å². The van der Waals surface area contributed by atoms with Crippen molar-refractivity contribution < 1.29 is 4.74 Å². The number of rotatable bonds is 8. The van der Waals surface area contributed by atoms with Crippen LogP contribution in [0.2, 0.25) is 0 Å². The fourth-order valence-electron chi connectivity index (χ4n) is 3.12. The van der Waals surface area contributed by atoms with Crippen LogP contribution in [0.15, 0.2) is 0 Å². The average Bonchev–Trinajstić information content (AvgIpc) is 2.62. The second kappa shape index (κ2) is 9.73. The van der Waals surface area contributed by atoms with Crippen LogP contribution in [0.4, 0.5) is 0 Å². The Morgan fingerprint density at radius 3 is 2.68 bits per heavy atom. The summed E-state index contributed by atoms with van der Waals surface area (Å²) in [7, 11) is 4.03. The van der Waals surface area contributed by atoms with Gasteiger partial charge < -0.3 is 15.0 Å². The molecule has 0 spiro atoms. The molecule has 0 aliphatic heterocycles. The van der Waals surface area contributed by atoms with Gasteiger partial charge in [0.1, 0.15) is 0 Å². The van der Waals surface area contributed by atoms with Crippen LogP contribution in [0, 0.1) is 5.92 Å². The maximum absolute atomic E-state index is 5.27. The lowest BCUT2D eigenvalue weighted by Gasteiger charge is -2.33. The van der Waals surface area contributed by atoms with Crippen LogP contribution >= 0.6 is 0 Å². The number of hydrogen-bond donors (Lipinski definition) is 1. The third kappa shape index (κ3) is 6.24. The molecule has 1 aliphatic rings. The fourth-order valence-corrected chi connectivity index (χ4v) is 3.12. The highest BCUT2D eigenvalue weighted by Crippen LogP contribution is 2.24. The van der Waals surface area contributed by atoms with Gasteiger partial charge in [-0.25, -0.2) is 0 Å². The topological polar surface area (TPSA) is 24.5 Å². The third-order valence-corrected chi connectivity index (χ3v) is 4.50. The van der Waals surface area contributed by atoms with E-state index in [0.29, 0.717) is 6.04 Å². The quantitative estimate of drug-likeness (QED) is 0.686. The van der Waals surface area contributed by atoms with Crippen LogP contribution < -0.4 is 5.32 Å². The van der Waals surface area contributed by atoms with Crippen LogP contribution in [0.25, 0.3) is 0 Å². The van der Waals surface area contributed by atoms with Crippen molar-refractivity contribution in [2.24, 2.45) is 5.92 Å². The second-order valence-corrected chi connectivity index (χ2v) is 6.20. The highest BCUT2D eigenvalue weighted by molar-refractivity contribution is 4.82. The fraction of sp³-hybridized carbons (Fsp3) is 1.00. The number of ether oxygens (including phenoxy) is 1. The zero-order valence-corrected chi connectivity index (χ0v) is 13.5. The van der Waals surface area contributed by atoms with E-state index in [9.17, 15) is 0 Å². The summed E-state index contributed by atoms with van der Waals surface area (Å²) in [6.45, 7) is 7.71. The van der Waals surface area contributed by atoms with Gasteiger partial charge in [-0.2, -0.15) is 0 Å². The van der Waals surface area contributed by atoms with Gasteiger partial charge >= 0.3 is 0 Å². The molecule has 3 unspecified atom stereocenters. The monoisotopic (exact) mass is 270 g/mol. The molecule has 3 nitrogen and oxygen atoms in total. The lowest BCUT2D eigenvalue weighted by atomic mass is 9.93. The molecular weight excluding hydrogens is 236 g/mol. The Morgan fingerprint density at radius 1 is 1.26 bits per heavy atom. The SMILES string of the molecule is CCCNC1CCCCCC1CN(C)C(C)COC. The summed E-state index contributed by atoms with van der Waals surface area (Å²) in [4.78, 5) is 2.47. The Hall–Kier alpha value is -0.120. The van der Waals surface area contributed by atoms with E-state index < -0.39 is 0 Å². The van der Waals surface area contributed by atoms with Crippen molar-refractivity contribution in [3.05, 3.63) is 0 Å². The van der Waals surface area contributed by atoms with Gasteiger partial charge in [0, 0.05) is 25.7 Å². The molecule has 0 bridgehead atoms. The van der Waals surface area contributed by atoms with Crippen LogP contribution in [0.1, 0.15) is 52.4 Å². The van der Waals surface area contributed by atoms with Crippen LogP contribution in [-0.2, 0) is 4.74 Å². The van der Waals surface area contributed by atoms with Crippen LogP contribution in [-0.4, -0.2) is 50.8 Å². The summed E-state index contributed by atoms with van der Waals surface area (Å²) < 4.78 is 5.27. The minimum Gasteiger partial charge on any atom is -0.383 e. The van der Waals surface area contributed by atoms with E-state index in [4.69, 9.17) is 4.74 Å². The molecule has 1 fully saturated rings. The zero-order valence-electron chi connectivity index (χ0n) is 13.5. The Balaban J connectivity index is 2.48. The van der Waals surface area contributed by atoms with Gasteiger partial charge in [0.05, 0.1) is 6.61 Å². The molecule has 0 aromatic rings. The predicted molar refractivity (Wildman–Crippen MR) is 82.6 cm³/mol. The first-order valence-corrected chi connectivity index (χ1v) is 8.11. The zero-order chi connectivity index (χ0) is 14.1. The van der Waals surface area contributed by atoms with E-state index in [1.807, 2.05) is 0 Å². The molecule has 0 aromatic carbocycles. The maximum atomic E-state index is 5.27. The van der Waals surface area contributed by atoms with E-state index in [1.165, 1.54) is 51.6 Å². The molecule has 0 aromatic heterocycles. The lowest BCUT2D eigenvalue weighted by molar-refractivity contribution is 0.0984. The number of nitrogens with one attached hydrogen (secondary N) is 1. The summed E-state index contributed by atoms with van der Waals surface area (Å²) in [5.74, 6) is 0.804. The van der Waals surface area contributed by atoms with E-state index >= 15 is 0 Å². The molecule has 1 rings (SSSR count). The van der Waals surface area contributed by atoms with Crippen molar-refractivity contribution >= 4 is 0 Å². The number of nitrogens with zero attached hydrogens (tertiary/aromatic N) is 1.